The van der Waals surface area contributed by atoms with Crippen LogP contribution in [-0.4, -0.2) is 26.0 Å². The molecule has 2 aromatic rings. The minimum absolute atomic E-state index is 0.125. The van der Waals surface area contributed by atoms with E-state index in [1.54, 1.807) is 13.0 Å². The molecular formula is C16H21N3O4S. The second-order valence-electron chi connectivity index (χ2n) is 5.88. The van der Waals surface area contributed by atoms with Gasteiger partial charge in [0.05, 0.1) is 4.90 Å². The zero-order valence-corrected chi connectivity index (χ0v) is 14.7. The fraction of sp³-hybridized carbons (Fsp3) is 0.375. The maximum Gasteiger partial charge on any atom is 0.256 e. The minimum atomic E-state index is -3.56. The van der Waals surface area contributed by atoms with Gasteiger partial charge in [0.2, 0.25) is 10.0 Å². The van der Waals surface area contributed by atoms with Crippen LogP contribution in [0.3, 0.4) is 0 Å². The quantitative estimate of drug-likeness (QED) is 0.798. The maximum atomic E-state index is 12.2. The minimum Gasteiger partial charge on any atom is -0.360 e. The average Bonchev–Trinajstić information content (AvgIpc) is 2.92. The van der Waals surface area contributed by atoms with Crippen molar-refractivity contribution in [3.63, 3.8) is 0 Å². The van der Waals surface area contributed by atoms with Crippen molar-refractivity contribution in [2.45, 2.75) is 32.1 Å². The lowest BCUT2D eigenvalue weighted by Crippen LogP contribution is -2.25. The summed E-state index contributed by atoms with van der Waals surface area (Å²) < 4.78 is 31.7. The number of carbonyl (C=O) groups is 1. The molecule has 24 heavy (non-hydrogen) atoms. The lowest BCUT2D eigenvalue weighted by Gasteiger charge is -2.09. The number of nitrogens with one attached hydrogen (secondary N) is 2. The summed E-state index contributed by atoms with van der Waals surface area (Å²) in [5.74, 6) is 0.919. The second kappa shape index (κ2) is 7.59. The molecule has 0 unspecified atom stereocenters. The Hall–Kier alpha value is -2.19. The molecule has 0 saturated heterocycles. The molecule has 0 radical (unpaired) electrons. The van der Waals surface area contributed by atoms with Gasteiger partial charge in [0.25, 0.3) is 5.91 Å². The normalized spacial score (nSPS) is 11.7. The smallest absolute Gasteiger partial charge is 0.256 e. The van der Waals surface area contributed by atoms with Crippen LogP contribution in [0.4, 0.5) is 5.82 Å². The number of rotatable bonds is 7. The van der Waals surface area contributed by atoms with Gasteiger partial charge in [0.1, 0.15) is 5.76 Å². The molecule has 0 fully saturated rings. The van der Waals surface area contributed by atoms with Crippen molar-refractivity contribution in [3.05, 3.63) is 41.7 Å². The van der Waals surface area contributed by atoms with Crippen molar-refractivity contribution in [2.24, 2.45) is 5.92 Å². The Morgan fingerprint density at radius 3 is 2.46 bits per heavy atom. The highest BCUT2D eigenvalue weighted by Crippen LogP contribution is 2.13. The van der Waals surface area contributed by atoms with Crippen LogP contribution < -0.4 is 10.0 Å². The summed E-state index contributed by atoms with van der Waals surface area (Å²) >= 11 is 0. The fourth-order valence-corrected chi connectivity index (χ4v) is 3.01. The molecule has 130 valence electrons. The average molecular weight is 351 g/mol. The predicted molar refractivity (Wildman–Crippen MR) is 90.3 cm³/mol. The van der Waals surface area contributed by atoms with E-state index in [0.717, 1.165) is 6.42 Å². The van der Waals surface area contributed by atoms with E-state index < -0.39 is 10.0 Å². The summed E-state index contributed by atoms with van der Waals surface area (Å²) in [6.45, 7) is 6.15. The van der Waals surface area contributed by atoms with E-state index >= 15 is 0 Å². The molecule has 0 aliphatic carbocycles. The van der Waals surface area contributed by atoms with Crippen LogP contribution in [0, 0.1) is 12.8 Å². The van der Waals surface area contributed by atoms with Crippen molar-refractivity contribution < 1.29 is 17.7 Å². The second-order valence-corrected chi connectivity index (χ2v) is 7.65. The molecule has 7 nitrogen and oxygen atoms in total. The molecule has 0 saturated carbocycles. The molecule has 0 bridgehead atoms. The Morgan fingerprint density at radius 1 is 1.25 bits per heavy atom. The summed E-state index contributed by atoms with van der Waals surface area (Å²) in [6.07, 6.45) is 0.761. The van der Waals surface area contributed by atoms with E-state index in [2.05, 4.69) is 15.2 Å². The number of benzene rings is 1. The first-order valence-corrected chi connectivity index (χ1v) is 9.10. The molecule has 0 aliphatic rings. The Morgan fingerprint density at radius 2 is 1.92 bits per heavy atom. The van der Waals surface area contributed by atoms with Crippen LogP contribution in [0.2, 0.25) is 0 Å². The van der Waals surface area contributed by atoms with Crippen molar-refractivity contribution in [2.75, 3.05) is 11.9 Å². The highest BCUT2D eigenvalue weighted by Gasteiger charge is 2.15. The van der Waals surface area contributed by atoms with Gasteiger partial charge in [-0.15, -0.1) is 0 Å². The van der Waals surface area contributed by atoms with Crippen molar-refractivity contribution in [3.8, 4) is 0 Å². The summed E-state index contributed by atoms with van der Waals surface area (Å²) in [4.78, 5) is 12.2. The molecule has 1 heterocycles. The van der Waals surface area contributed by atoms with Gasteiger partial charge < -0.3 is 9.84 Å². The van der Waals surface area contributed by atoms with Gasteiger partial charge in [-0.1, -0.05) is 19.0 Å². The van der Waals surface area contributed by atoms with Gasteiger partial charge in [-0.3, -0.25) is 4.79 Å². The Balaban J connectivity index is 2.02. The van der Waals surface area contributed by atoms with E-state index in [4.69, 9.17) is 4.52 Å². The highest BCUT2D eigenvalue weighted by molar-refractivity contribution is 7.89. The summed E-state index contributed by atoms with van der Waals surface area (Å²) in [6, 6.07) is 7.31. The lowest BCUT2D eigenvalue weighted by atomic mass is 10.1. The third-order valence-electron chi connectivity index (χ3n) is 3.31. The van der Waals surface area contributed by atoms with Gasteiger partial charge in [-0.2, -0.15) is 0 Å². The maximum absolute atomic E-state index is 12.2. The molecule has 8 heteroatoms. The Bertz CT molecular complexity index is 795. The molecule has 0 spiro atoms. The molecule has 2 rings (SSSR count). The molecule has 1 aromatic carbocycles. The number of hydrogen-bond acceptors (Lipinski definition) is 5. The van der Waals surface area contributed by atoms with E-state index in [1.807, 2.05) is 13.8 Å². The molecular weight excluding hydrogens is 330 g/mol. The first-order chi connectivity index (χ1) is 11.3. The number of amides is 1. The standard InChI is InChI=1S/C16H21N3O4S/c1-11(2)8-9-17-24(21,22)14-6-4-13(5-7-14)16(20)18-15-10-12(3)23-19-15/h4-7,10-11,17H,8-9H2,1-3H3,(H,18,19,20). The van der Waals surface area contributed by atoms with Gasteiger partial charge in [-0.05, 0) is 43.5 Å². The number of nitrogens with zero attached hydrogens (tertiary/aromatic N) is 1. The van der Waals surface area contributed by atoms with Crippen LogP contribution in [-0.2, 0) is 10.0 Å². The van der Waals surface area contributed by atoms with E-state index in [0.29, 0.717) is 29.6 Å². The van der Waals surface area contributed by atoms with Gasteiger partial charge >= 0.3 is 0 Å². The summed E-state index contributed by atoms with van der Waals surface area (Å²) in [5, 5.41) is 6.25. The lowest BCUT2D eigenvalue weighted by molar-refractivity contribution is 0.102. The van der Waals surface area contributed by atoms with Gasteiger partial charge in [0, 0.05) is 18.2 Å². The third kappa shape index (κ3) is 4.90. The molecule has 1 amide bonds. The van der Waals surface area contributed by atoms with Gasteiger partial charge in [0.15, 0.2) is 5.82 Å². The summed E-state index contributed by atoms with van der Waals surface area (Å²) in [7, 11) is -3.56. The largest absolute Gasteiger partial charge is 0.360 e. The van der Waals surface area contributed by atoms with E-state index in [1.165, 1.54) is 24.3 Å². The molecule has 2 N–H and O–H groups in total. The van der Waals surface area contributed by atoms with E-state index in [-0.39, 0.29) is 10.8 Å². The van der Waals surface area contributed by atoms with Crippen LogP contribution in [0.15, 0.2) is 39.8 Å². The third-order valence-corrected chi connectivity index (χ3v) is 4.79. The fourth-order valence-electron chi connectivity index (χ4n) is 1.96. The van der Waals surface area contributed by atoms with Crippen molar-refractivity contribution in [1.82, 2.24) is 9.88 Å². The number of hydrogen-bond donors (Lipinski definition) is 2. The number of carbonyl (C=O) groups excluding carboxylic acids is 1. The van der Waals surface area contributed by atoms with Crippen LogP contribution in [0.5, 0.6) is 0 Å². The Labute approximate surface area is 141 Å². The van der Waals surface area contributed by atoms with Crippen LogP contribution in [0.1, 0.15) is 36.4 Å². The predicted octanol–water partition coefficient (Wildman–Crippen LogP) is 2.56. The van der Waals surface area contributed by atoms with Gasteiger partial charge in [-0.25, -0.2) is 13.1 Å². The number of anilines is 1. The molecule has 1 aromatic heterocycles. The number of aromatic nitrogens is 1. The molecule has 0 atom stereocenters. The first kappa shape index (κ1) is 18.2. The number of aryl methyl sites for hydroxylation is 1. The van der Waals surface area contributed by atoms with E-state index in [9.17, 15) is 13.2 Å². The monoisotopic (exact) mass is 351 g/mol. The SMILES string of the molecule is Cc1cc(NC(=O)c2ccc(S(=O)(=O)NCCC(C)C)cc2)no1. The van der Waals surface area contributed by atoms with Crippen molar-refractivity contribution in [1.29, 1.82) is 0 Å². The first-order valence-electron chi connectivity index (χ1n) is 7.62. The molecule has 0 aliphatic heterocycles. The topological polar surface area (TPSA) is 101 Å². The highest BCUT2D eigenvalue weighted by atomic mass is 32.2. The Kier molecular flexibility index (Phi) is 5.74. The zero-order valence-electron chi connectivity index (χ0n) is 13.9. The number of sulfonamides is 1. The van der Waals surface area contributed by atoms with Crippen molar-refractivity contribution >= 4 is 21.7 Å². The summed E-state index contributed by atoms with van der Waals surface area (Å²) in [5.41, 5.74) is 0.330. The van der Waals surface area contributed by atoms with Crippen LogP contribution >= 0.6 is 0 Å². The zero-order chi connectivity index (χ0) is 17.7. The van der Waals surface area contributed by atoms with Crippen LogP contribution in [0.25, 0.3) is 0 Å².